The minimum atomic E-state index is -0.714. The SMILES string of the molecule is C/C=C(\C=N/C(C)=C\CC)C(/C=C\C1=C(C)N(Cc2cccnc2C#N)C(C)(C)C1=O)=C/CC. The van der Waals surface area contributed by atoms with E-state index in [2.05, 4.69) is 46.9 Å². The molecule has 2 heterocycles. The van der Waals surface area contributed by atoms with Gasteiger partial charge in [-0.25, -0.2) is 4.98 Å². The van der Waals surface area contributed by atoms with Gasteiger partial charge in [0, 0.05) is 41.5 Å². The van der Waals surface area contributed by atoms with Crippen LogP contribution in [0.3, 0.4) is 0 Å². The van der Waals surface area contributed by atoms with Crippen LogP contribution in [-0.2, 0) is 11.3 Å². The molecular weight excluding hydrogens is 420 g/mol. The van der Waals surface area contributed by atoms with Crippen LogP contribution in [0.5, 0.6) is 0 Å². The lowest BCUT2D eigenvalue weighted by atomic mass is 9.95. The Bertz CT molecular complexity index is 1140. The lowest BCUT2D eigenvalue weighted by molar-refractivity contribution is -0.122. The molecule has 0 bridgehead atoms. The number of nitrogens with zero attached hydrogens (tertiary/aromatic N) is 4. The number of nitriles is 1. The summed E-state index contributed by atoms with van der Waals surface area (Å²) in [6.45, 7) is 14.5. The zero-order chi connectivity index (χ0) is 25.3. The van der Waals surface area contributed by atoms with E-state index in [-0.39, 0.29) is 5.78 Å². The Balaban J connectivity index is 2.41. The Labute approximate surface area is 204 Å². The summed E-state index contributed by atoms with van der Waals surface area (Å²) in [6, 6.07) is 5.86. The van der Waals surface area contributed by atoms with Gasteiger partial charge in [-0.2, -0.15) is 5.26 Å². The lowest BCUT2D eigenvalue weighted by Crippen LogP contribution is -2.43. The van der Waals surface area contributed by atoms with Crippen LogP contribution in [0.15, 0.2) is 81.8 Å². The van der Waals surface area contributed by atoms with E-state index >= 15 is 0 Å². The summed E-state index contributed by atoms with van der Waals surface area (Å²) in [7, 11) is 0. The molecule has 34 heavy (non-hydrogen) atoms. The van der Waals surface area contributed by atoms with Crippen LogP contribution in [0.4, 0.5) is 0 Å². The first-order valence-corrected chi connectivity index (χ1v) is 11.8. The van der Waals surface area contributed by atoms with E-state index in [0.29, 0.717) is 17.8 Å². The average molecular weight is 457 g/mol. The van der Waals surface area contributed by atoms with Gasteiger partial charge in [-0.05, 0) is 70.7 Å². The Morgan fingerprint density at radius 2 is 1.94 bits per heavy atom. The minimum absolute atomic E-state index is 0.0666. The van der Waals surface area contributed by atoms with E-state index in [1.807, 2.05) is 71.2 Å². The zero-order valence-corrected chi connectivity index (χ0v) is 21.5. The molecule has 0 atom stereocenters. The van der Waals surface area contributed by atoms with Crippen LogP contribution in [0, 0.1) is 11.3 Å². The predicted octanol–water partition coefficient (Wildman–Crippen LogP) is 6.61. The highest BCUT2D eigenvalue weighted by Crippen LogP contribution is 2.36. The summed E-state index contributed by atoms with van der Waals surface area (Å²) in [5.41, 5.74) is 5.09. The quantitative estimate of drug-likeness (QED) is 0.309. The fraction of sp³-hybridized carbons (Fsp3) is 0.379. The second-order valence-corrected chi connectivity index (χ2v) is 8.75. The van der Waals surface area contributed by atoms with E-state index in [4.69, 9.17) is 0 Å². The maximum absolute atomic E-state index is 13.4. The molecule has 5 heteroatoms. The zero-order valence-electron chi connectivity index (χ0n) is 21.5. The molecule has 0 unspecified atom stereocenters. The highest BCUT2D eigenvalue weighted by molar-refractivity contribution is 6.07. The van der Waals surface area contributed by atoms with Crippen molar-refractivity contribution in [3.63, 3.8) is 0 Å². The number of aliphatic imine (C=N–C) groups is 1. The normalized spacial score (nSPS) is 17.4. The molecule has 0 saturated heterocycles. The number of carbonyl (C=O) groups excluding carboxylic acids is 1. The van der Waals surface area contributed by atoms with Crippen molar-refractivity contribution in [1.29, 1.82) is 5.26 Å². The number of hydrogen-bond acceptors (Lipinski definition) is 5. The summed E-state index contributed by atoms with van der Waals surface area (Å²) < 4.78 is 0. The van der Waals surface area contributed by atoms with E-state index in [9.17, 15) is 10.1 Å². The number of pyridine rings is 1. The highest BCUT2D eigenvalue weighted by atomic mass is 16.1. The fourth-order valence-corrected chi connectivity index (χ4v) is 4.04. The molecule has 0 saturated carbocycles. The van der Waals surface area contributed by atoms with Gasteiger partial charge in [0.05, 0.1) is 5.54 Å². The van der Waals surface area contributed by atoms with E-state index in [0.717, 1.165) is 40.9 Å². The molecule has 1 aliphatic heterocycles. The van der Waals surface area contributed by atoms with Gasteiger partial charge in [-0.3, -0.25) is 9.79 Å². The first kappa shape index (κ1) is 26.7. The number of ketones is 1. The van der Waals surface area contributed by atoms with Crippen molar-refractivity contribution >= 4 is 12.0 Å². The van der Waals surface area contributed by atoms with E-state index in [1.165, 1.54) is 0 Å². The lowest BCUT2D eigenvalue weighted by Gasteiger charge is -2.33. The van der Waals surface area contributed by atoms with Crippen LogP contribution in [0.2, 0.25) is 0 Å². The molecule has 2 rings (SSSR count). The number of carbonyl (C=O) groups is 1. The largest absolute Gasteiger partial charge is 0.357 e. The Hall–Kier alpha value is -3.52. The van der Waals surface area contributed by atoms with Gasteiger partial charge in [0.2, 0.25) is 0 Å². The maximum atomic E-state index is 13.4. The number of aromatic nitrogens is 1. The monoisotopic (exact) mass is 456 g/mol. The third-order valence-corrected chi connectivity index (χ3v) is 6.00. The fourth-order valence-electron chi connectivity index (χ4n) is 4.04. The summed E-state index contributed by atoms with van der Waals surface area (Å²) in [5.74, 6) is 0.0666. The molecule has 0 amide bonds. The summed E-state index contributed by atoms with van der Waals surface area (Å²) >= 11 is 0. The molecule has 0 aromatic carbocycles. The topological polar surface area (TPSA) is 69.3 Å². The third-order valence-electron chi connectivity index (χ3n) is 6.00. The maximum Gasteiger partial charge on any atom is 0.189 e. The van der Waals surface area contributed by atoms with Gasteiger partial charge >= 0.3 is 0 Å². The average Bonchev–Trinajstić information content (AvgIpc) is 2.97. The second kappa shape index (κ2) is 12.1. The van der Waals surface area contributed by atoms with Crippen LogP contribution in [-0.4, -0.2) is 27.4 Å². The number of rotatable bonds is 9. The summed E-state index contributed by atoms with van der Waals surface area (Å²) in [6.07, 6.45) is 15.5. The smallest absolute Gasteiger partial charge is 0.189 e. The van der Waals surface area contributed by atoms with Crippen molar-refractivity contribution in [1.82, 2.24) is 9.88 Å². The van der Waals surface area contributed by atoms with Gasteiger partial charge in [-0.15, -0.1) is 0 Å². The molecule has 0 fully saturated rings. The first-order chi connectivity index (χ1) is 16.2. The molecule has 1 aliphatic rings. The van der Waals surface area contributed by atoms with Crippen LogP contribution in [0.1, 0.15) is 72.6 Å². The Morgan fingerprint density at radius 1 is 1.24 bits per heavy atom. The second-order valence-electron chi connectivity index (χ2n) is 8.75. The molecule has 0 radical (unpaired) electrons. The molecule has 1 aromatic rings. The molecule has 178 valence electrons. The van der Waals surface area contributed by atoms with Gasteiger partial charge < -0.3 is 4.90 Å². The number of allylic oxidation sites excluding steroid dienone is 9. The van der Waals surface area contributed by atoms with Crippen LogP contribution < -0.4 is 0 Å². The van der Waals surface area contributed by atoms with Gasteiger partial charge in [0.25, 0.3) is 0 Å². The molecule has 0 spiro atoms. The molecule has 1 aromatic heterocycles. The number of Topliss-reactive ketones (excluding diaryl/α,β-unsaturated/α-hetero) is 1. The van der Waals surface area contributed by atoms with E-state index < -0.39 is 5.54 Å². The molecule has 0 aliphatic carbocycles. The molecule has 0 N–H and O–H groups in total. The Kier molecular flexibility index (Phi) is 9.50. The minimum Gasteiger partial charge on any atom is -0.357 e. The standard InChI is InChI=1S/C29H36N4O/c1-8-12-21(4)32-19-23(10-3)24(13-9-2)15-16-26-22(5)33(29(6,7)28(26)34)20-25-14-11-17-31-27(25)18-30/h10-17,19H,8-9,20H2,1-7H3/b16-15-,21-12-,23-10+,24-13+,32-19-. The van der Waals surface area contributed by atoms with Crippen molar-refractivity contribution < 1.29 is 4.79 Å². The van der Waals surface area contributed by atoms with Crippen LogP contribution >= 0.6 is 0 Å². The first-order valence-electron chi connectivity index (χ1n) is 11.8. The van der Waals surface area contributed by atoms with Crippen LogP contribution in [0.25, 0.3) is 0 Å². The summed E-state index contributed by atoms with van der Waals surface area (Å²) in [4.78, 5) is 24.2. The van der Waals surface area contributed by atoms with Gasteiger partial charge in [0.15, 0.2) is 5.78 Å². The van der Waals surface area contributed by atoms with Crippen molar-refractivity contribution in [3.8, 4) is 6.07 Å². The van der Waals surface area contributed by atoms with Crippen molar-refractivity contribution in [3.05, 3.63) is 88.1 Å². The predicted molar refractivity (Wildman–Crippen MR) is 140 cm³/mol. The molecule has 5 nitrogen and oxygen atoms in total. The van der Waals surface area contributed by atoms with Gasteiger partial charge in [0.1, 0.15) is 11.8 Å². The van der Waals surface area contributed by atoms with Crippen molar-refractivity contribution in [2.75, 3.05) is 0 Å². The highest BCUT2D eigenvalue weighted by Gasteiger charge is 2.43. The van der Waals surface area contributed by atoms with E-state index in [1.54, 1.807) is 6.20 Å². The Morgan fingerprint density at radius 3 is 2.56 bits per heavy atom. The summed E-state index contributed by atoms with van der Waals surface area (Å²) in [5, 5.41) is 9.42. The molecular formula is C29H36N4O. The number of hydrogen-bond donors (Lipinski definition) is 0. The van der Waals surface area contributed by atoms with Crippen molar-refractivity contribution in [2.45, 2.75) is 73.4 Å². The van der Waals surface area contributed by atoms with Gasteiger partial charge in [-0.1, -0.05) is 44.2 Å². The third kappa shape index (κ3) is 6.08. The van der Waals surface area contributed by atoms with Crippen molar-refractivity contribution in [2.24, 2.45) is 4.99 Å².